The number of amides is 2. The second-order valence-corrected chi connectivity index (χ2v) is 5.54. The number of rotatable bonds is 7. The van der Waals surface area contributed by atoms with Gasteiger partial charge in [0.1, 0.15) is 0 Å². The fourth-order valence-electron chi connectivity index (χ4n) is 2.28. The van der Waals surface area contributed by atoms with Crippen LogP contribution in [0.25, 0.3) is 0 Å². The number of carbonyl (C=O) groups is 2. The molecule has 0 aliphatic heterocycles. The molecule has 4 heteroatoms. The summed E-state index contributed by atoms with van der Waals surface area (Å²) in [6.45, 7) is 1.96. The Morgan fingerprint density at radius 2 is 1.57 bits per heavy atom. The van der Waals surface area contributed by atoms with E-state index in [9.17, 15) is 9.59 Å². The van der Waals surface area contributed by atoms with Gasteiger partial charge in [-0.25, -0.2) is 0 Å². The van der Waals surface area contributed by atoms with Crippen LogP contribution in [-0.2, 0) is 11.2 Å². The molecular formula is C19H22N2O2. The third-order valence-corrected chi connectivity index (χ3v) is 3.56. The van der Waals surface area contributed by atoms with Crippen LogP contribution in [0, 0.1) is 0 Å². The van der Waals surface area contributed by atoms with Gasteiger partial charge in [-0.05, 0) is 37.5 Å². The summed E-state index contributed by atoms with van der Waals surface area (Å²) in [5.74, 6) is -0.410. The van der Waals surface area contributed by atoms with Crippen LogP contribution in [0.4, 0.5) is 0 Å². The zero-order chi connectivity index (χ0) is 16.5. The molecule has 2 aromatic rings. The first-order valence-corrected chi connectivity index (χ1v) is 7.81. The first-order chi connectivity index (χ1) is 11.1. The lowest BCUT2D eigenvalue weighted by Gasteiger charge is -2.14. The van der Waals surface area contributed by atoms with Crippen LogP contribution in [-0.4, -0.2) is 24.4 Å². The van der Waals surface area contributed by atoms with E-state index in [-0.39, 0.29) is 24.4 Å². The molecule has 0 aliphatic carbocycles. The lowest BCUT2D eigenvalue weighted by Crippen LogP contribution is -2.41. The molecule has 2 amide bonds. The minimum atomic E-state index is -0.238. The fraction of sp³-hybridized carbons (Fsp3) is 0.263. The highest BCUT2D eigenvalue weighted by molar-refractivity contribution is 5.96. The normalized spacial score (nSPS) is 11.5. The zero-order valence-electron chi connectivity index (χ0n) is 13.3. The van der Waals surface area contributed by atoms with Gasteiger partial charge in [0, 0.05) is 11.6 Å². The molecule has 120 valence electrons. The smallest absolute Gasteiger partial charge is 0.251 e. The van der Waals surface area contributed by atoms with Crippen molar-refractivity contribution >= 4 is 11.8 Å². The summed E-state index contributed by atoms with van der Waals surface area (Å²) in [6.07, 6.45) is 1.78. The van der Waals surface area contributed by atoms with Gasteiger partial charge in [0.15, 0.2) is 0 Å². The average molecular weight is 310 g/mol. The SMILES string of the molecule is C[C@@H](CCc1ccccc1)NC(=O)CNC(=O)c1ccccc1. The Balaban J connectivity index is 1.69. The van der Waals surface area contributed by atoms with Crippen LogP contribution < -0.4 is 10.6 Å². The first kappa shape index (κ1) is 16.7. The van der Waals surface area contributed by atoms with Crippen molar-refractivity contribution in [1.82, 2.24) is 10.6 Å². The minimum Gasteiger partial charge on any atom is -0.352 e. The Morgan fingerprint density at radius 3 is 2.22 bits per heavy atom. The molecule has 0 spiro atoms. The van der Waals surface area contributed by atoms with Gasteiger partial charge in [0.2, 0.25) is 5.91 Å². The van der Waals surface area contributed by atoms with E-state index < -0.39 is 0 Å². The van der Waals surface area contributed by atoms with Gasteiger partial charge < -0.3 is 10.6 Å². The van der Waals surface area contributed by atoms with Gasteiger partial charge in [-0.3, -0.25) is 9.59 Å². The molecule has 0 unspecified atom stereocenters. The molecule has 4 nitrogen and oxygen atoms in total. The van der Waals surface area contributed by atoms with Crippen molar-refractivity contribution in [3.8, 4) is 0 Å². The molecule has 0 saturated carbocycles. The Bertz CT molecular complexity index is 626. The fourth-order valence-corrected chi connectivity index (χ4v) is 2.28. The second-order valence-electron chi connectivity index (χ2n) is 5.54. The number of carbonyl (C=O) groups excluding carboxylic acids is 2. The zero-order valence-corrected chi connectivity index (χ0v) is 13.3. The van der Waals surface area contributed by atoms with E-state index in [2.05, 4.69) is 22.8 Å². The van der Waals surface area contributed by atoms with E-state index in [0.717, 1.165) is 12.8 Å². The maximum Gasteiger partial charge on any atom is 0.251 e. The number of hydrogen-bond acceptors (Lipinski definition) is 2. The maximum atomic E-state index is 11.9. The predicted molar refractivity (Wildman–Crippen MR) is 91.1 cm³/mol. The molecule has 0 aromatic heterocycles. The van der Waals surface area contributed by atoms with E-state index in [4.69, 9.17) is 0 Å². The summed E-state index contributed by atoms with van der Waals surface area (Å²) in [5.41, 5.74) is 1.81. The lowest BCUT2D eigenvalue weighted by atomic mass is 10.1. The predicted octanol–water partition coefficient (Wildman–Crippen LogP) is 2.55. The second kappa shape index (κ2) is 8.73. The summed E-state index contributed by atoms with van der Waals surface area (Å²) < 4.78 is 0. The van der Waals surface area contributed by atoms with Crippen LogP contribution in [0.1, 0.15) is 29.3 Å². The monoisotopic (exact) mass is 310 g/mol. The van der Waals surface area contributed by atoms with Crippen LogP contribution in [0.3, 0.4) is 0 Å². The number of aryl methyl sites for hydroxylation is 1. The van der Waals surface area contributed by atoms with Gasteiger partial charge >= 0.3 is 0 Å². The largest absolute Gasteiger partial charge is 0.352 e. The van der Waals surface area contributed by atoms with Crippen molar-refractivity contribution in [1.29, 1.82) is 0 Å². The quantitative estimate of drug-likeness (QED) is 0.826. The molecule has 0 aliphatic rings. The molecular weight excluding hydrogens is 288 g/mol. The van der Waals surface area contributed by atoms with Gasteiger partial charge in [-0.2, -0.15) is 0 Å². The van der Waals surface area contributed by atoms with Gasteiger partial charge in [-0.1, -0.05) is 48.5 Å². The molecule has 1 atom stereocenters. The molecule has 0 heterocycles. The van der Waals surface area contributed by atoms with Crippen molar-refractivity contribution in [2.45, 2.75) is 25.8 Å². The van der Waals surface area contributed by atoms with Gasteiger partial charge in [-0.15, -0.1) is 0 Å². The number of nitrogens with one attached hydrogen (secondary N) is 2. The van der Waals surface area contributed by atoms with E-state index in [0.29, 0.717) is 5.56 Å². The third-order valence-electron chi connectivity index (χ3n) is 3.56. The van der Waals surface area contributed by atoms with Crippen molar-refractivity contribution < 1.29 is 9.59 Å². The molecule has 2 rings (SSSR count). The van der Waals surface area contributed by atoms with Crippen molar-refractivity contribution in [3.05, 3.63) is 71.8 Å². The van der Waals surface area contributed by atoms with Gasteiger partial charge in [0.05, 0.1) is 6.54 Å². The molecule has 0 fully saturated rings. The van der Waals surface area contributed by atoms with E-state index in [1.807, 2.05) is 31.2 Å². The highest BCUT2D eigenvalue weighted by Gasteiger charge is 2.10. The van der Waals surface area contributed by atoms with Crippen LogP contribution in [0.15, 0.2) is 60.7 Å². The van der Waals surface area contributed by atoms with Crippen molar-refractivity contribution in [2.75, 3.05) is 6.54 Å². The lowest BCUT2D eigenvalue weighted by molar-refractivity contribution is -0.120. The molecule has 0 saturated heterocycles. The van der Waals surface area contributed by atoms with Crippen LogP contribution in [0.5, 0.6) is 0 Å². The number of benzene rings is 2. The topological polar surface area (TPSA) is 58.2 Å². The van der Waals surface area contributed by atoms with E-state index >= 15 is 0 Å². The maximum absolute atomic E-state index is 11.9. The van der Waals surface area contributed by atoms with Gasteiger partial charge in [0.25, 0.3) is 5.91 Å². The van der Waals surface area contributed by atoms with Crippen LogP contribution in [0.2, 0.25) is 0 Å². The third kappa shape index (κ3) is 5.94. The van der Waals surface area contributed by atoms with Crippen molar-refractivity contribution in [2.24, 2.45) is 0 Å². The highest BCUT2D eigenvalue weighted by Crippen LogP contribution is 2.04. The average Bonchev–Trinajstić information content (AvgIpc) is 2.59. The molecule has 2 aromatic carbocycles. The van der Waals surface area contributed by atoms with Crippen LogP contribution >= 0.6 is 0 Å². The Labute approximate surface area is 136 Å². The molecule has 0 radical (unpaired) electrons. The summed E-state index contributed by atoms with van der Waals surface area (Å²) >= 11 is 0. The Kier molecular flexibility index (Phi) is 6.36. The first-order valence-electron chi connectivity index (χ1n) is 7.81. The summed E-state index contributed by atoms with van der Waals surface area (Å²) in [4.78, 5) is 23.7. The molecule has 2 N–H and O–H groups in total. The van der Waals surface area contributed by atoms with E-state index in [1.165, 1.54) is 5.56 Å². The summed E-state index contributed by atoms with van der Waals surface area (Å²) in [7, 11) is 0. The molecule has 0 bridgehead atoms. The highest BCUT2D eigenvalue weighted by atomic mass is 16.2. The Hall–Kier alpha value is -2.62. The van der Waals surface area contributed by atoms with Crippen molar-refractivity contribution in [3.63, 3.8) is 0 Å². The van der Waals surface area contributed by atoms with E-state index in [1.54, 1.807) is 24.3 Å². The number of hydrogen-bond donors (Lipinski definition) is 2. The summed E-state index contributed by atoms with van der Waals surface area (Å²) in [5, 5.41) is 5.53. The Morgan fingerprint density at radius 1 is 0.957 bits per heavy atom. The standard InChI is InChI=1S/C19H22N2O2/c1-15(12-13-16-8-4-2-5-9-16)21-18(22)14-20-19(23)17-10-6-3-7-11-17/h2-11,15H,12-14H2,1H3,(H,20,23)(H,21,22)/t15-/m0/s1. The minimum absolute atomic E-state index is 0.0105. The summed E-state index contributed by atoms with van der Waals surface area (Å²) in [6, 6.07) is 19.1. The molecule has 23 heavy (non-hydrogen) atoms.